The summed E-state index contributed by atoms with van der Waals surface area (Å²) in [5, 5.41) is 2.94. The van der Waals surface area contributed by atoms with Crippen molar-refractivity contribution < 1.29 is 4.79 Å². The van der Waals surface area contributed by atoms with Crippen LogP contribution in [0.3, 0.4) is 0 Å². The highest BCUT2D eigenvalue weighted by molar-refractivity contribution is 6.16. The zero-order valence-electron chi connectivity index (χ0n) is 16.3. The highest BCUT2D eigenvalue weighted by Crippen LogP contribution is 2.31. The van der Waals surface area contributed by atoms with E-state index in [1.165, 1.54) is 0 Å². The summed E-state index contributed by atoms with van der Waals surface area (Å²) in [5.41, 5.74) is 11.9. The molecule has 0 spiro atoms. The average Bonchev–Trinajstić information content (AvgIpc) is 3.03. The number of rotatable bonds is 3. The van der Waals surface area contributed by atoms with Crippen LogP contribution in [0.4, 0.5) is 11.5 Å². The Hall–Kier alpha value is -4.19. The molecule has 30 heavy (non-hydrogen) atoms. The van der Waals surface area contributed by atoms with Gasteiger partial charge in [0.1, 0.15) is 16.9 Å². The number of aryl methyl sites for hydroxylation is 1. The van der Waals surface area contributed by atoms with Crippen molar-refractivity contribution in [2.24, 2.45) is 0 Å². The zero-order valence-corrected chi connectivity index (χ0v) is 16.3. The van der Waals surface area contributed by atoms with Gasteiger partial charge in [-0.15, -0.1) is 0 Å². The lowest BCUT2D eigenvalue weighted by Crippen LogP contribution is -2.14. The fourth-order valence-corrected chi connectivity index (χ4v) is 3.64. The molecule has 0 unspecified atom stereocenters. The van der Waals surface area contributed by atoms with Crippen LogP contribution in [-0.2, 0) is 0 Å². The second kappa shape index (κ2) is 7.00. The number of nitrogens with two attached hydrogens (primary N) is 1. The summed E-state index contributed by atoms with van der Waals surface area (Å²) in [7, 11) is 0. The molecule has 3 aromatic carbocycles. The SMILES string of the molecule is Cc1cccc(NC(=O)c2c(N)n(-c3ccccc3)c3nc4ccccc4nc23)c1. The van der Waals surface area contributed by atoms with E-state index in [2.05, 4.69) is 5.32 Å². The molecular weight excluding hydrogens is 374 g/mol. The first-order chi connectivity index (χ1) is 14.6. The molecule has 0 aliphatic rings. The van der Waals surface area contributed by atoms with Crippen LogP contribution >= 0.6 is 0 Å². The molecular formula is C24H19N5O. The van der Waals surface area contributed by atoms with Crippen LogP contribution < -0.4 is 11.1 Å². The lowest BCUT2D eigenvalue weighted by Gasteiger charge is -2.08. The summed E-state index contributed by atoms with van der Waals surface area (Å²) in [6.45, 7) is 1.98. The van der Waals surface area contributed by atoms with Gasteiger partial charge in [-0.2, -0.15) is 0 Å². The van der Waals surface area contributed by atoms with Crippen LogP contribution in [0.2, 0.25) is 0 Å². The van der Waals surface area contributed by atoms with Gasteiger partial charge in [-0.05, 0) is 48.9 Å². The minimum atomic E-state index is -0.317. The molecule has 0 aliphatic carbocycles. The van der Waals surface area contributed by atoms with Crippen molar-refractivity contribution >= 4 is 39.6 Å². The highest BCUT2D eigenvalue weighted by Gasteiger charge is 2.24. The molecule has 0 saturated heterocycles. The summed E-state index contributed by atoms with van der Waals surface area (Å²) in [4.78, 5) is 22.8. The number of anilines is 2. The van der Waals surface area contributed by atoms with Crippen molar-refractivity contribution in [3.05, 3.63) is 90.0 Å². The Kier molecular flexibility index (Phi) is 4.17. The fraction of sp³-hybridized carbons (Fsp3) is 0.0417. The third-order valence-electron chi connectivity index (χ3n) is 5.02. The largest absolute Gasteiger partial charge is 0.384 e. The first-order valence-electron chi connectivity index (χ1n) is 9.62. The van der Waals surface area contributed by atoms with E-state index in [9.17, 15) is 4.79 Å². The first-order valence-corrected chi connectivity index (χ1v) is 9.62. The van der Waals surface area contributed by atoms with Gasteiger partial charge >= 0.3 is 0 Å². The topological polar surface area (TPSA) is 85.8 Å². The highest BCUT2D eigenvalue weighted by atomic mass is 16.1. The van der Waals surface area contributed by atoms with Gasteiger partial charge in [-0.25, -0.2) is 9.97 Å². The van der Waals surface area contributed by atoms with Crippen molar-refractivity contribution in [2.45, 2.75) is 6.92 Å². The molecule has 1 amide bonds. The number of para-hydroxylation sites is 3. The van der Waals surface area contributed by atoms with E-state index in [1.54, 1.807) is 4.57 Å². The first kappa shape index (κ1) is 17.9. The number of nitrogens with one attached hydrogen (secondary N) is 1. The molecule has 3 N–H and O–H groups in total. The lowest BCUT2D eigenvalue weighted by atomic mass is 10.2. The monoisotopic (exact) mass is 393 g/mol. The summed E-state index contributed by atoms with van der Waals surface area (Å²) >= 11 is 0. The molecule has 6 heteroatoms. The standard InChI is InChI=1S/C24H19N5O/c1-15-8-7-9-16(14-15)26-24(30)20-21-23(28-19-13-6-5-12-18(19)27-21)29(22(20)25)17-10-3-2-4-11-17/h2-14H,25H2,1H3,(H,26,30). The molecule has 5 rings (SSSR count). The van der Waals surface area contributed by atoms with Crippen LogP contribution in [0.1, 0.15) is 15.9 Å². The van der Waals surface area contributed by atoms with Crippen LogP contribution in [0.15, 0.2) is 78.9 Å². The Bertz CT molecular complexity index is 1410. The van der Waals surface area contributed by atoms with Crippen molar-refractivity contribution in [1.29, 1.82) is 0 Å². The van der Waals surface area contributed by atoms with Gasteiger partial charge in [-0.3, -0.25) is 9.36 Å². The van der Waals surface area contributed by atoms with Crippen molar-refractivity contribution in [3.8, 4) is 5.69 Å². The van der Waals surface area contributed by atoms with E-state index < -0.39 is 0 Å². The Balaban J connectivity index is 1.75. The summed E-state index contributed by atoms with van der Waals surface area (Å²) in [5.74, 6) is -0.0148. The van der Waals surface area contributed by atoms with E-state index in [0.717, 1.165) is 16.8 Å². The van der Waals surface area contributed by atoms with E-state index in [1.807, 2.05) is 85.8 Å². The number of benzene rings is 3. The molecule has 0 saturated carbocycles. The van der Waals surface area contributed by atoms with Crippen LogP contribution in [-0.4, -0.2) is 20.4 Å². The van der Waals surface area contributed by atoms with Gasteiger partial charge in [0.05, 0.1) is 11.0 Å². The smallest absolute Gasteiger partial charge is 0.261 e. The number of amides is 1. The predicted octanol–water partition coefficient (Wildman–Crippen LogP) is 4.72. The molecule has 6 nitrogen and oxygen atoms in total. The molecule has 5 aromatic rings. The lowest BCUT2D eigenvalue weighted by molar-refractivity contribution is 0.102. The third-order valence-corrected chi connectivity index (χ3v) is 5.02. The summed E-state index contributed by atoms with van der Waals surface area (Å²) in [6.07, 6.45) is 0. The van der Waals surface area contributed by atoms with Gasteiger partial charge in [0.2, 0.25) is 0 Å². The average molecular weight is 393 g/mol. The van der Waals surface area contributed by atoms with Gasteiger partial charge < -0.3 is 11.1 Å². The molecule has 0 atom stereocenters. The zero-order chi connectivity index (χ0) is 20.7. The van der Waals surface area contributed by atoms with Gasteiger partial charge in [0.15, 0.2) is 5.65 Å². The summed E-state index contributed by atoms with van der Waals surface area (Å²) in [6, 6.07) is 24.8. The Morgan fingerprint density at radius 3 is 2.33 bits per heavy atom. The predicted molar refractivity (Wildman–Crippen MR) is 120 cm³/mol. The maximum absolute atomic E-state index is 13.3. The molecule has 2 heterocycles. The summed E-state index contributed by atoms with van der Waals surface area (Å²) < 4.78 is 1.78. The van der Waals surface area contributed by atoms with Crippen LogP contribution in [0.5, 0.6) is 0 Å². The van der Waals surface area contributed by atoms with Crippen molar-refractivity contribution in [2.75, 3.05) is 11.1 Å². The number of carbonyl (C=O) groups is 1. The molecule has 0 fully saturated rings. The fourth-order valence-electron chi connectivity index (χ4n) is 3.64. The van der Waals surface area contributed by atoms with E-state index in [0.29, 0.717) is 33.7 Å². The van der Waals surface area contributed by atoms with E-state index in [4.69, 9.17) is 15.7 Å². The molecule has 2 aromatic heterocycles. The Morgan fingerprint density at radius 2 is 1.60 bits per heavy atom. The van der Waals surface area contributed by atoms with Crippen molar-refractivity contribution in [1.82, 2.24) is 14.5 Å². The number of fused-ring (bicyclic) bond motifs is 2. The number of nitrogen functional groups attached to an aromatic ring is 1. The number of hydrogen-bond acceptors (Lipinski definition) is 4. The third kappa shape index (κ3) is 2.95. The quantitative estimate of drug-likeness (QED) is 0.465. The molecule has 0 bridgehead atoms. The number of hydrogen-bond donors (Lipinski definition) is 2. The number of carbonyl (C=O) groups excluding carboxylic acids is 1. The Morgan fingerprint density at radius 1 is 0.900 bits per heavy atom. The minimum absolute atomic E-state index is 0.302. The van der Waals surface area contributed by atoms with Crippen molar-refractivity contribution in [3.63, 3.8) is 0 Å². The number of aromatic nitrogens is 3. The van der Waals surface area contributed by atoms with Crippen LogP contribution in [0, 0.1) is 6.92 Å². The normalized spacial score (nSPS) is 11.1. The molecule has 0 radical (unpaired) electrons. The minimum Gasteiger partial charge on any atom is -0.384 e. The van der Waals surface area contributed by atoms with Gasteiger partial charge in [0, 0.05) is 11.4 Å². The van der Waals surface area contributed by atoms with E-state index in [-0.39, 0.29) is 5.91 Å². The van der Waals surface area contributed by atoms with Crippen LogP contribution in [0.25, 0.3) is 27.9 Å². The van der Waals surface area contributed by atoms with Gasteiger partial charge in [-0.1, -0.05) is 42.5 Å². The maximum Gasteiger partial charge on any atom is 0.261 e. The second-order valence-electron chi connectivity index (χ2n) is 7.14. The second-order valence-corrected chi connectivity index (χ2v) is 7.14. The Labute approximate surface area is 173 Å². The maximum atomic E-state index is 13.3. The van der Waals surface area contributed by atoms with Gasteiger partial charge in [0.25, 0.3) is 5.91 Å². The number of nitrogens with zero attached hydrogens (tertiary/aromatic N) is 3. The molecule has 0 aliphatic heterocycles. The van der Waals surface area contributed by atoms with E-state index >= 15 is 0 Å². The molecule has 146 valence electrons.